The lowest BCUT2D eigenvalue weighted by Crippen LogP contribution is -2.25. The fourth-order valence-electron chi connectivity index (χ4n) is 5.05. The predicted molar refractivity (Wildman–Crippen MR) is 210 cm³/mol. The second-order valence-corrected chi connectivity index (χ2v) is 14.3. The van der Waals surface area contributed by atoms with E-state index in [4.69, 9.17) is 24.3 Å². The maximum atomic E-state index is 12.4. The van der Waals surface area contributed by atoms with Crippen molar-refractivity contribution in [3.8, 4) is 0 Å². The lowest BCUT2D eigenvalue weighted by atomic mass is 10.1. The van der Waals surface area contributed by atoms with Crippen molar-refractivity contribution in [2.24, 2.45) is 5.73 Å². The van der Waals surface area contributed by atoms with E-state index in [1.54, 1.807) is 6.26 Å². The number of ether oxygens (including phenoxy) is 2. The first kappa shape index (κ1) is 48.0. The number of carbonyl (C=O) groups excluding carboxylic acids is 1. The van der Waals surface area contributed by atoms with Crippen LogP contribution < -0.4 is 5.73 Å². The van der Waals surface area contributed by atoms with Gasteiger partial charge in [-0.25, -0.2) is 4.57 Å². The molecule has 3 N–H and O–H groups in total. The lowest BCUT2D eigenvalue weighted by molar-refractivity contribution is -0.147. The van der Waals surface area contributed by atoms with E-state index in [0.29, 0.717) is 6.42 Å². The lowest BCUT2D eigenvalue weighted by Gasteiger charge is -2.19. The summed E-state index contributed by atoms with van der Waals surface area (Å²) in [5, 5.41) is 0. The highest BCUT2D eigenvalue weighted by molar-refractivity contribution is 7.47. The van der Waals surface area contributed by atoms with Crippen molar-refractivity contribution < 1.29 is 32.8 Å². The van der Waals surface area contributed by atoms with Gasteiger partial charge in [-0.2, -0.15) is 0 Å². The van der Waals surface area contributed by atoms with Gasteiger partial charge >= 0.3 is 13.8 Å². The largest absolute Gasteiger partial charge is 0.492 e. The van der Waals surface area contributed by atoms with Gasteiger partial charge in [-0.3, -0.25) is 13.8 Å². The van der Waals surface area contributed by atoms with Crippen molar-refractivity contribution in [3.63, 3.8) is 0 Å². The number of carbonyl (C=O) groups is 1. The van der Waals surface area contributed by atoms with Gasteiger partial charge in [-0.1, -0.05) is 127 Å². The van der Waals surface area contributed by atoms with Gasteiger partial charge < -0.3 is 20.1 Å². The molecule has 0 heterocycles. The van der Waals surface area contributed by atoms with Gasteiger partial charge in [0.1, 0.15) is 6.61 Å². The molecule has 0 rings (SSSR count). The van der Waals surface area contributed by atoms with Crippen molar-refractivity contribution in [1.29, 1.82) is 0 Å². The van der Waals surface area contributed by atoms with Gasteiger partial charge in [0.15, 0.2) is 6.10 Å². The predicted octanol–water partition coefficient (Wildman–Crippen LogP) is 11.8. The quantitative estimate of drug-likeness (QED) is 0.0214. The molecule has 1 unspecified atom stereocenters. The first-order valence-electron chi connectivity index (χ1n) is 19.8. The van der Waals surface area contributed by atoms with Crippen LogP contribution in [0.1, 0.15) is 162 Å². The third-order valence-electron chi connectivity index (χ3n) is 8.01. The standard InChI is InChI=1S/C41H74NO7P/c1-3-5-7-9-11-13-15-17-19-21-23-25-27-29-31-33-36-46-40(39-49-50(44,45)48-37-35-42)38-47-41(43)34-32-30-28-26-24-22-20-18-16-14-12-10-8-6-4-2/h6,8,12-15,18,20,33,36,40H,3-5,7,9-11,16-17,19,21-32,34-35,37-39,42H2,1-2H3,(H,44,45)/t40-/m1/s1. The summed E-state index contributed by atoms with van der Waals surface area (Å²) in [6.07, 6.45) is 46.2. The van der Waals surface area contributed by atoms with E-state index in [1.807, 2.05) is 6.08 Å². The summed E-state index contributed by atoms with van der Waals surface area (Å²) < 4.78 is 33.1. The molecular weight excluding hydrogens is 649 g/mol. The fourth-order valence-corrected chi connectivity index (χ4v) is 5.81. The van der Waals surface area contributed by atoms with Crippen molar-refractivity contribution >= 4 is 13.8 Å². The molecule has 0 aromatic carbocycles. The summed E-state index contributed by atoms with van der Waals surface area (Å²) in [6.45, 7) is 4.05. The molecule has 0 aliphatic rings. The number of hydrogen-bond acceptors (Lipinski definition) is 7. The molecule has 0 radical (unpaired) electrons. The molecule has 0 saturated heterocycles. The average Bonchev–Trinajstić information content (AvgIpc) is 3.11. The van der Waals surface area contributed by atoms with Crippen LogP contribution in [0.2, 0.25) is 0 Å². The highest BCUT2D eigenvalue weighted by atomic mass is 31.2. The zero-order valence-corrected chi connectivity index (χ0v) is 32.8. The highest BCUT2D eigenvalue weighted by Crippen LogP contribution is 2.43. The Kier molecular flexibility index (Phi) is 36.8. The van der Waals surface area contributed by atoms with Crippen molar-refractivity contribution in [2.45, 2.75) is 168 Å². The normalized spacial score (nSPS) is 14.2. The molecule has 0 bridgehead atoms. The zero-order chi connectivity index (χ0) is 36.6. The first-order valence-corrected chi connectivity index (χ1v) is 21.3. The summed E-state index contributed by atoms with van der Waals surface area (Å²) in [5.41, 5.74) is 5.35. The Morgan fingerprint density at radius 2 is 1.14 bits per heavy atom. The van der Waals surface area contributed by atoms with Crippen LogP contribution in [0.4, 0.5) is 0 Å². The molecule has 50 heavy (non-hydrogen) atoms. The summed E-state index contributed by atoms with van der Waals surface area (Å²) in [6, 6.07) is 0. The SMILES string of the molecule is CCC=CCC=CCC=CCCCCCCCC(=O)OC[C@H](COP(=O)(O)OCCN)OC=CCCCCCCCCC=CCCCCCC. The molecule has 0 saturated carbocycles. The van der Waals surface area contributed by atoms with Gasteiger partial charge in [0, 0.05) is 13.0 Å². The monoisotopic (exact) mass is 724 g/mol. The Morgan fingerprint density at radius 3 is 1.72 bits per heavy atom. The molecule has 0 spiro atoms. The fraction of sp³-hybridized carbons (Fsp3) is 0.732. The van der Waals surface area contributed by atoms with E-state index in [1.165, 1.54) is 70.6 Å². The van der Waals surface area contributed by atoms with Crippen LogP contribution in [-0.4, -0.2) is 43.3 Å². The van der Waals surface area contributed by atoms with Gasteiger partial charge in [0.25, 0.3) is 0 Å². The maximum Gasteiger partial charge on any atom is 0.472 e. The Bertz CT molecular complexity index is 947. The molecule has 8 nitrogen and oxygen atoms in total. The minimum Gasteiger partial charge on any atom is -0.492 e. The van der Waals surface area contributed by atoms with E-state index >= 15 is 0 Å². The number of esters is 1. The smallest absolute Gasteiger partial charge is 0.472 e. The zero-order valence-electron chi connectivity index (χ0n) is 31.9. The van der Waals surface area contributed by atoms with Gasteiger partial charge in [-0.05, 0) is 83.1 Å². The summed E-state index contributed by atoms with van der Waals surface area (Å²) >= 11 is 0. The summed E-state index contributed by atoms with van der Waals surface area (Å²) in [7, 11) is -4.27. The number of nitrogens with two attached hydrogens (primary N) is 1. The first-order chi connectivity index (χ1) is 24.4. The van der Waals surface area contributed by atoms with Crippen molar-refractivity contribution in [1.82, 2.24) is 0 Å². The third-order valence-corrected chi connectivity index (χ3v) is 8.99. The Hall–Kier alpha value is -1.96. The maximum absolute atomic E-state index is 12.4. The minimum atomic E-state index is -4.27. The Labute approximate surface area is 306 Å². The minimum absolute atomic E-state index is 0.0783. The number of hydrogen-bond donors (Lipinski definition) is 2. The van der Waals surface area contributed by atoms with E-state index < -0.39 is 13.9 Å². The van der Waals surface area contributed by atoms with Gasteiger partial charge in [0.2, 0.25) is 0 Å². The topological polar surface area (TPSA) is 117 Å². The van der Waals surface area contributed by atoms with Crippen molar-refractivity contribution in [2.75, 3.05) is 26.4 Å². The molecule has 0 aromatic rings. The summed E-state index contributed by atoms with van der Waals surface area (Å²) in [4.78, 5) is 22.2. The van der Waals surface area contributed by atoms with E-state index in [-0.39, 0.29) is 32.3 Å². The number of phosphoric acid groups is 1. The van der Waals surface area contributed by atoms with Crippen LogP contribution in [0.3, 0.4) is 0 Å². The van der Waals surface area contributed by atoms with E-state index in [0.717, 1.165) is 70.6 Å². The molecular formula is C41H74NO7P. The third kappa shape index (κ3) is 37.3. The van der Waals surface area contributed by atoms with Crippen LogP contribution in [0, 0.1) is 0 Å². The Balaban J connectivity index is 4.17. The Morgan fingerprint density at radius 1 is 0.640 bits per heavy atom. The van der Waals surface area contributed by atoms with Crippen LogP contribution in [0.15, 0.2) is 60.9 Å². The average molecular weight is 724 g/mol. The van der Waals surface area contributed by atoms with E-state index in [2.05, 4.69) is 62.5 Å². The second-order valence-electron chi connectivity index (χ2n) is 12.8. The molecule has 9 heteroatoms. The second kappa shape index (κ2) is 38.3. The number of phosphoric ester groups is 1. The van der Waals surface area contributed by atoms with Crippen LogP contribution in [-0.2, 0) is 27.9 Å². The molecule has 0 amide bonds. The molecule has 0 aliphatic heterocycles. The number of rotatable bonds is 37. The summed E-state index contributed by atoms with van der Waals surface area (Å²) in [5.74, 6) is -0.311. The molecule has 290 valence electrons. The van der Waals surface area contributed by atoms with Gasteiger partial charge in [-0.15, -0.1) is 0 Å². The highest BCUT2D eigenvalue weighted by Gasteiger charge is 2.24. The van der Waals surface area contributed by atoms with Crippen LogP contribution in [0.5, 0.6) is 0 Å². The molecule has 0 fully saturated rings. The van der Waals surface area contributed by atoms with Crippen molar-refractivity contribution in [3.05, 3.63) is 60.9 Å². The van der Waals surface area contributed by atoms with Crippen LogP contribution in [0.25, 0.3) is 0 Å². The molecule has 0 aliphatic carbocycles. The molecule has 0 aromatic heterocycles. The number of unbranched alkanes of at least 4 members (excludes halogenated alkanes) is 16. The number of allylic oxidation sites excluding steroid dienone is 9. The van der Waals surface area contributed by atoms with Gasteiger partial charge in [0.05, 0.1) is 19.5 Å². The van der Waals surface area contributed by atoms with E-state index in [9.17, 15) is 14.3 Å². The molecule has 2 atom stereocenters. The van der Waals surface area contributed by atoms with Crippen LogP contribution >= 0.6 is 7.82 Å².